The lowest BCUT2D eigenvalue weighted by atomic mass is 10.2. The summed E-state index contributed by atoms with van der Waals surface area (Å²) in [6, 6.07) is 10.7. The molecule has 0 saturated carbocycles. The molecule has 2 aromatic carbocycles. The predicted molar refractivity (Wildman–Crippen MR) is 114 cm³/mol. The largest absolute Gasteiger partial charge is 0.454 e. The second kappa shape index (κ2) is 8.47. The Hall–Kier alpha value is -3.88. The lowest BCUT2D eigenvalue weighted by Crippen LogP contribution is -2.36. The number of aliphatic imine (C=N–C) groups is 1. The lowest BCUT2D eigenvalue weighted by molar-refractivity contribution is 0.0976. The van der Waals surface area contributed by atoms with E-state index in [-0.39, 0.29) is 24.5 Å². The topological polar surface area (TPSA) is 89.8 Å². The summed E-state index contributed by atoms with van der Waals surface area (Å²) < 4.78 is 25.7. The molecule has 0 fully saturated rings. The van der Waals surface area contributed by atoms with Gasteiger partial charge in [-0.1, -0.05) is 0 Å². The van der Waals surface area contributed by atoms with Crippen LogP contribution in [-0.2, 0) is 13.6 Å². The highest BCUT2D eigenvalue weighted by Crippen LogP contribution is 2.32. The van der Waals surface area contributed by atoms with Crippen LogP contribution in [-0.4, -0.2) is 28.4 Å². The monoisotopic (exact) mass is 423 g/mol. The van der Waals surface area contributed by atoms with E-state index >= 15 is 0 Å². The third kappa shape index (κ3) is 4.50. The molecule has 160 valence electrons. The highest BCUT2D eigenvalue weighted by molar-refractivity contribution is 6.10. The maximum Gasteiger partial charge on any atom is 0.258 e. The molecule has 0 atom stereocenters. The number of anilines is 1. The van der Waals surface area contributed by atoms with E-state index in [1.54, 1.807) is 35.0 Å². The Bertz CT molecular complexity index is 1150. The zero-order valence-corrected chi connectivity index (χ0v) is 17.4. The fourth-order valence-corrected chi connectivity index (χ4v) is 3.20. The third-order valence-electron chi connectivity index (χ3n) is 5.03. The van der Waals surface area contributed by atoms with E-state index in [0.29, 0.717) is 29.3 Å². The molecule has 0 spiro atoms. The average molecular weight is 423 g/mol. The van der Waals surface area contributed by atoms with Gasteiger partial charge in [-0.05, 0) is 56.3 Å². The minimum atomic E-state index is -0.369. The molecule has 2 heterocycles. The van der Waals surface area contributed by atoms with Crippen molar-refractivity contribution in [2.24, 2.45) is 12.0 Å². The van der Waals surface area contributed by atoms with Crippen molar-refractivity contribution in [2.75, 3.05) is 12.1 Å². The first-order valence-corrected chi connectivity index (χ1v) is 9.68. The first kappa shape index (κ1) is 20.4. The van der Waals surface area contributed by atoms with Crippen molar-refractivity contribution in [3.8, 4) is 11.5 Å². The number of hydrogen-bond acceptors (Lipinski definition) is 5. The highest BCUT2D eigenvalue weighted by Gasteiger charge is 2.17. The van der Waals surface area contributed by atoms with Crippen molar-refractivity contribution in [3.05, 3.63) is 70.8 Å². The summed E-state index contributed by atoms with van der Waals surface area (Å²) in [4.78, 5) is 17.4. The van der Waals surface area contributed by atoms with Gasteiger partial charge in [-0.3, -0.25) is 14.8 Å². The molecule has 0 radical (unpaired) electrons. The van der Waals surface area contributed by atoms with Crippen LogP contribution in [0, 0.1) is 19.7 Å². The van der Waals surface area contributed by atoms with Crippen LogP contribution >= 0.6 is 0 Å². The number of nitrogens with zero attached hydrogens (tertiary/aromatic N) is 3. The molecule has 9 heteroatoms. The molecule has 2 N–H and O–H groups in total. The van der Waals surface area contributed by atoms with E-state index in [1.807, 2.05) is 20.9 Å². The number of aryl methyl sites for hydroxylation is 2. The Morgan fingerprint density at radius 3 is 2.61 bits per heavy atom. The molecule has 4 rings (SSSR count). The number of guanidine groups is 1. The molecule has 1 aliphatic heterocycles. The van der Waals surface area contributed by atoms with E-state index in [0.717, 1.165) is 17.0 Å². The van der Waals surface area contributed by atoms with Gasteiger partial charge in [-0.2, -0.15) is 5.10 Å². The maximum atomic E-state index is 13.3. The van der Waals surface area contributed by atoms with E-state index in [9.17, 15) is 9.18 Å². The Morgan fingerprint density at radius 1 is 1.16 bits per heavy atom. The summed E-state index contributed by atoms with van der Waals surface area (Å²) in [5.74, 6) is 0.620. The number of aromatic nitrogens is 2. The number of carbonyl (C=O) groups excluding carboxylic acids is 1. The lowest BCUT2D eigenvalue weighted by Gasteiger charge is -2.12. The number of carbonyl (C=O) groups is 1. The first-order chi connectivity index (χ1) is 14.9. The minimum absolute atomic E-state index is 0.128. The molecule has 0 saturated heterocycles. The molecule has 31 heavy (non-hydrogen) atoms. The van der Waals surface area contributed by atoms with Crippen LogP contribution in [0.1, 0.15) is 27.3 Å². The van der Waals surface area contributed by atoms with Gasteiger partial charge in [0, 0.05) is 29.6 Å². The zero-order valence-electron chi connectivity index (χ0n) is 17.4. The highest BCUT2D eigenvalue weighted by atomic mass is 19.1. The van der Waals surface area contributed by atoms with Crippen LogP contribution in [0.15, 0.2) is 47.5 Å². The van der Waals surface area contributed by atoms with Crippen molar-refractivity contribution in [2.45, 2.75) is 20.4 Å². The quantitative estimate of drug-likeness (QED) is 0.497. The molecule has 1 amide bonds. The number of ether oxygens (including phenoxy) is 2. The Morgan fingerprint density at radius 2 is 1.90 bits per heavy atom. The van der Waals surface area contributed by atoms with Crippen LogP contribution < -0.4 is 20.1 Å². The second-order valence-electron chi connectivity index (χ2n) is 7.09. The first-order valence-electron chi connectivity index (χ1n) is 9.68. The van der Waals surface area contributed by atoms with Crippen molar-refractivity contribution >= 4 is 17.6 Å². The number of rotatable bonds is 4. The molecule has 0 unspecified atom stereocenters. The minimum Gasteiger partial charge on any atom is -0.454 e. The van der Waals surface area contributed by atoms with E-state index in [4.69, 9.17) is 9.47 Å². The molecule has 0 aliphatic carbocycles. The smallest absolute Gasteiger partial charge is 0.258 e. The molecular formula is C22H22FN5O3. The standard InChI is InChI=1S/C22H22FN5O3/c1-13-18(14(2)28(3)27-13)11-24-22(25-17-7-5-16(23)6-8-17)26-21(29)15-4-9-19-20(10-15)31-12-30-19/h4-10H,11-12H2,1-3H3,(H2,24,25,26,29). The van der Waals surface area contributed by atoms with Gasteiger partial charge in [0.25, 0.3) is 5.91 Å². The number of fused-ring (bicyclic) bond motifs is 1. The predicted octanol–water partition coefficient (Wildman–Crippen LogP) is 3.30. The molecule has 1 aromatic heterocycles. The van der Waals surface area contributed by atoms with Gasteiger partial charge in [-0.15, -0.1) is 0 Å². The number of halogens is 1. The van der Waals surface area contributed by atoms with Gasteiger partial charge in [0.05, 0.1) is 12.2 Å². The van der Waals surface area contributed by atoms with Crippen molar-refractivity contribution < 1.29 is 18.7 Å². The van der Waals surface area contributed by atoms with Crippen LogP contribution in [0.3, 0.4) is 0 Å². The Labute approximate surface area is 178 Å². The molecule has 0 bridgehead atoms. The van der Waals surface area contributed by atoms with Crippen molar-refractivity contribution in [1.29, 1.82) is 0 Å². The van der Waals surface area contributed by atoms with Crippen molar-refractivity contribution in [1.82, 2.24) is 15.1 Å². The normalized spacial score (nSPS) is 12.7. The fourth-order valence-electron chi connectivity index (χ4n) is 3.20. The van der Waals surface area contributed by atoms with Gasteiger partial charge in [0.2, 0.25) is 12.8 Å². The summed E-state index contributed by atoms with van der Waals surface area (Å²) in [5.41, 5.74) is 3.81. The van der Waals surface area contributed by atoms with Crippen LogP contribution in [0.4, 0.5) is 10.1 Å². The molecule has 3 aromatic rings. The van der Waals surface area contributed by atoms with Gasteiger partial charge in [0.1, 0.15) is 5.82 Å². The van der Waals surface area contributed by atoms with Gasteiger partial charge < -0.3 is 14.8 Å². The zero-order chi connectivity index (χ0) is 22.0. The average Bonchev–Trinajstić information content (AvgIpc) is 3.31. The summed E-state index contributed by atoms with van der Waals surface area (Å²) >= 11 is 0. The number of benzene rings is 2. The molecular weight excluding hydrogens is 401 g/mol. The van der Waals surface area contributed by atoms with Crippen LogP contribution in [0.2, 0.25) is 0 Å². The molecule has 1 aliphatic rings. The van der Waals surface area contributed by atoms with E-state index in [1.165, 1.54) is 12.1 Å². The number of nitrogens with one attached hydrogen (secondary N) is 2. The van der Waals surface area contributed by atoms with Gasteiger partial charge >= 0.3 is 0 Å². The SMILES string of the molecule is Cc1nn(C)c(C)c1CN=C(NC(=O)c1ccc2c(c1)OCO2)Nc1ccc(F)cc1. The van der Waals surface area contributed by atoms with Gasteiger partial charge in [-0.25, -0.2) is 9.38 Å². The second-order valence-corrected chi connectivity index (χ2v) is 7.09. The summed E-state index contributed by atoms with van der Waals surface area (Å²) in [6.07, 6.45) is 0. The van der Waals surface area contributed by atoms with Gasteiger partial charge in [0.15, 0.2) is 11.5 Å². The maximum absolute atomic E-state index is 13.3. The third-order valence-corrected chi connectivity index (χ3v) is 5.03. The van der Waals surface area contributed by atoms with Crippen LogP contribution in [0.5, 0.6) is 11.5 Å². The fraction of sp³-hybridized carbons (Fsp3) is 0.227. The van der Waals surface area contributed by atoms with Crippen LogP contribution in [0.25, 0.3) is 0 Å². The number of amides is 1. The summed E-state index contributed by atoms with van der Waals surface area (Å²) in [7, 11) is 1.87. The summed E-state index contributed by atoms with van der Waals surface area (Å²) in [5, 5.41) is 10.2. The summed E-state index contributed by atoms with van der Waals surface area (Å²) in [6.45, 7) is 4.32. The van der Waals surface area contributed by atoms with Crippen molar-refractivity contribution in [3.63, 3.8) is 0 Å². The number of hydrogen-bond donors (Lipinski definition) is 2. The van der Waals surface area contributed by atoms with E-state index in [2.05, 4.69) is 20.7 Å². The molecule has 8 nitrogen and oxygen atoms in total. The Kier molecular flexibility index (Phi) is 5.57. The Balaban J connectivity index is 1.58. The van der Waals surface area contributed by atoms with E-state index < -0.39 is 0 Å².